The number of sulfonamides is 1. The fourth-order valence-corrected chi connectivity index (χ4v) is 4.05. The number of hydrogen-bond donors (Lipinski definition) is 1. The van der Waals surface area contributed by atoms with Crippen LogP contribution in [0.15, 0.2) is 22.7 Å². The van der Waals surface area contributed by atoms with Crippen molar-refractivity contribution in [2.75, 3.05) is 16.6 Å². The van der Waals surface area contributed by atoms with Crippen LogP contribution in [0.25, 0.3) is 0 Å². The average molecular weight is 348 g/mol. The Balaban J connectivity index is 2.16. The molecule has 0 aromatic heterocycles. The minimum atomic E-state index is -3.44. The second-order valence-electron chi connectivity index (χ2n) is 4.41. The van der Waals surface area contributed by atoms with Gasteiger partial charge in [-0.1, -0.05) is 22.0 Å². The molecule has 1 heterocycles. The molecule has 1 N–H and O–H groups in total. The summed E-state index contributed by atoms with van der Waals surface area (Å²) in [6, 6.07) is 5.59. The lowest BCUT2D eigenvalue weighted by Gasteiger charge is -2.19. The van der Waals surface area contributed by atoms with Gasteiger partial charge in [0.1, 0.15) is 0 Å². The first kappa shape index (κ1) is 14.3. The van der Waals surface area contributed by atoms with Crippen LogP contribution in [0, 0.1) is 0 Å². The summed E-state index contributed by atoms with van der Waals surface area (Å²) < 4.78 is 26.6. The Morgan fingerprint density at radius 2 is 2.16 bits per heavy atom. The molecule has 0 fully saturated rings. The Bertz CT molecular complexity index is 600. The first-order valence-corrected chi connectivity index (χ1v) is 8.31. The SMILES string of the molecule is O=C(O)CCCS(=O)(=O)N1CCc2ccc(Br)cc21. The topological polar surface area (TPSA) is 74.7 Å². The standard InChI is InChI=1S/C12H14BrNO4S/c13-10-4-3-9-5-6-14(11(9)8-10)19(17,18)7-1-2-12(15)16/h3-4,8H,1-2,5-7H2,(H,15,16). The van der Waals surface area contributed by atoms with E-state index in [2.05, 4.69) is 15.9 Å². The maximum absolute atomic E-state index is 12.2. The van der Waals surface area contributed by atoms with Crippen molar-refractivity contribution >= 4 is 37.6 Å². The second kappa shape index (κ2) is 5.50. The second-order valence-corrected chi connectivity index (χ2v) is 7.34. The van der Waals surface area contributed by atoms with Crippen LogP contribution in [-0.2, 0) is 21.2 Å². The van der Waals surface area contributed by atoms with Crippen molar-refractivity contribution in [2.24, 2.45) is 0 Å². The molecule has 104 valence electrons. The average Bonchev–Trinajstić information content (AvgIpc) is 2.71. The third-order valence-electron chi connectivity index (χ3n) is 3.03. The van der Waals surface area contributed by atoms with Crippen LogP contribution in [0.3, 0.4) is 0 Å². The van der Waals surface area contributed by atoms with E-state index >= 15 is 0 Å². The van der Waals surface area contributed by atoms with E-state index in [0.29, 0.717) is 18.7 Å². The number of nitrogens with zero attached hydrogens (tertiary/aromatic N) is 1. The molecular formula is C12H14BrNO4S. The number of carboxylic acid groups (broad SMARTS) is 1. The van der Waals surface area contributed by atoms with Gasteiger partial charge >= 0.3 is 5.97 Å². The van der Waals surface area contributed by atoms with E-state index in [1.165, 1.54) is 4.31 Å². The molecule has 0 unspecified atom stereocenters. The molecular weight excluding hydrogens is 334 g/mol. The molecule has 1 aliphatic rings. The molecule has 0 amide bonds. The molecule has 2 rings (SSSR count). The molecule has 0 bridgehead atoms. The molecule has 0 radical (unpaired) electrons. The zero-order valence-corrected chi connectivity index (χ0v) is 12.6. The first-order valence-electron chi connectivity index (χ1n) is 5.91. The molecule has 0 saturated carbocycles. The lowest BCUT2D eigenvalue weighted by Crippen LogP contribution is -2.31. The zero-order chi connectivity index (χ0) is 14.0. The number of carbonyl (C=O) groups is 1. The van der Waals surface area contributed by atoms with Gasteiger partial charge in [0.2, 0.25) is 10.0 Å². The lowest BCUT2D eigenvalue weighted by atomic mass is 10.2. The molecule has 5 nitrogen and oxygen atoms in total. The minimum Gasteiger partial charge on any atom is -0.481 e. The first-order chi connectivity index (χ1) is 8.90. The van der Waals surface area contributed by atoms with Crippen LogP contribution in [-0.4, -0.2) is 31.8 Å². The monoisotopic (exact) mass is 347 g/mol. The summed E-state index contributed by atoms with van der Waals surface area (Å²) in [5.41, 5.74) is 1.70. The Morgan fingerprint density at radius 3 is 2.84 bits per heavy atom. The van der Waals surface area contributed by atoms with Gasteiger partial charge in [-0.05, 0) is 30.5 Å². The fraction of sp³-hybridized carbons (Fsp3) is 0.417. The summed E-state index contributed by atoms with van der Waals surface area (Å²) in [5.74, 6) is -1.11. The Morgan fingerprint density at radius 1 is 1.42 bits per heavy atom. The summed E-state index contributed by atoms with van der Waals surface area (Å²) >= 11 is 3.33. The molecule has 19 heavy (non-hydrogen) atoms. The van der Waals surface area contributed by atoms with Gasteiger partial charge in [-0.3, -0.25) is 9.10 Å². The highest BCUT2D eigenvalue weighted by Gasteiger charge is 2.29. The van der Waals surface area contributed by atoms with Gasteiger partial charge in [-0.2, -0.15) is 0 Å². The molecule has 1 aliphatic heterocycles. The van der Waals surface area contributed by atoms with Crippen molar-refractivity contribution in [2.45, 2.75) is 19.3 Å². The number of benzene rings is 1. The van der Waals surface area contributed by atoms with Gasteiger partial charge in [0.15, 0.2) is 0 Å². The molecule has 0 atom stereocenters. The summed E-state index contributed by atoms with van der Waals surface area (Å²) in [5, 5.41) is 8.56. The highest BCUT2D eigenvalue weighted by molar-refractivity contribution is 9.10. The number of carboxylic acids is 1. The lowest BCUT2D eigenvalue weighted by molar-refractivity contribution is -0.137. The number of hydrogen-bond acceptors (Lipinski definition) is 3. The Hall–Kier alpha value is -1.08. The van der Waals surface area contributed by atoms with Crippen LogP contribution in [0.4, 0.5) is 5.69 Å². The van der Waals surface area contributed by atoms with Gasteiger partial charge in [0.25, 0.3) is 0 Å². The smallest absolute Gasteiger partial charge is 0.303 e. The molecule has 7 heteroatoms. The van der Waals surface area contributed by atoms with Crippen molar-refractivity contribution in [3.8, 4) is 0 Å². The van der Waals surface area contributed by atoms with Crippen LogP contribution in [0.5, 0.6) is 0 Å². The van der Waals surface area contributed by atoms with Crippen molar-refractivity contribution < 1.29 is 18.3 Å². The fourth-order valence-electron chi connectivity index (χ4n) is 2.13. The van der Waals surface area contributed by atoms with Gasteiger partial charge in [0.05, 0.1) is 11.4 Å². The van der Waals surface area contributed by atoms with E-state index in [1.807, 2.05) is 12.1 Å². The van der Waals surface area contributed by atoms with Gasteiger partial charge in [0, 0.05) is 17.4 Å². The van der Waals surface area contributed by atoms with Gasteiger partial charge in [-0.15, -0.1) is 0 Å². The number of aliphatic carboxylic acids is 1. The predicted octanol–water partition coefficient (Wildman–Crippen LogP) is 2.01. The van der Waals surface area contributed by atoms with Crippen LogP contribution >= 0.6 is 15.9 Å². The quantitative estimate of drug-likeness (QED) is 0.883. The summed E-state index contributed by atoms with van der Waals surface area (Å²) in [7, 11) is -3.44. The summed E-state index contributed by atoms with van der Waals surface area (Å²) in [4.78, 5) is 10.4. The number of halogens is 1. The molecule has 1 aromatic carbocycles. The maximum Gasteiger partial charge on any atom is 0.303 e. The number of anilines is 1. The zero-order valence-electron chi connectivity index (χ0n) is 10.2. The third kappa shape index (κ3) is 3.27. The van der Waals surface area contributed by atoms with E-state index < -0.39 is 16.0 Å². The summed E-state index contributed by atoms with van der Waals surface area (Å²) in [6.45, 7) is 0.432. The van der Waals surface area contributed by atoms with E-state index in [-0.39, 0.29) is 18.6 Å². The molecule has 1 aromatic rings. The highest BCUT2D eigenvalue weighted by atomic mass is 79.9. The Kier molecular flexibility index (Phi) is 4.15. The number of rotatable bonds is 5. The molecule has 0 aliphatic carbocycles. The largest absolute Gasteiger partial charge is 0.481 e. The van der Waals surface area contributed by atoms with E-state index in [9.17, 15) is 13.2 Å². The molecule has 0 saturated heterocycles. The van der Waals surface area contributed by atoms with Gasteiger partial charge in [-0.25, -0.2) is 8.42 Å². The van der Waals surface area contributed by atoms with Crippen molar-refractivity contribution in [1.82, 2.24) is 0 Å². The van der Waals surface area contributed by atoms with E-state index in [0.717, 1.165) is 10.0 Å². The minimum absolute atomic E-state index is 0.127. The normalized spacial score (nSPS) is 14.5. The molecule has 0 spiro atoms. The predicted molar refractivity (Wildman–Crippen MR) is 75.8 cm³/mol. The van der Waals surface area contributed by atoms with Crippen LogP contribution in [0.2, 0.25) is 0 Å². The maximum atomic E-state index is 12.2. The van der Waals surface area contributed by atoms with Crippen molar-refractivity contribution in [3.63, 3.8) is 0 Å². The van der Waals surface area contributed by atoms with Crippen LogP contribution in [0.1, 0.15) is 18.4 Å². The third-order valence-corrected chi connectivity index (χ3v) is 5.38. The van der Waals surface area contributed by atoms with E-state index in [4.69, 9.17) is 5.11 Å². The van der Waals surface area contributed by atoms with Crippen molar-refractivity contribution in [3.05, 3.63) is 28.2 Å². The van der Waals surface area contributed by atoms with Crippen molar-refractivity contribution in [1.29, 1.82) is 0 Å². The van der Waals surface area contributed by atoms with Crippen LogP contribution < -0.4 is 4.31 Å². The Labute approximate surface area is 120 Å². The number of fused-ring (bicyclic) bond motifs is 1. The van der Waals surface area contributed by atoms with Gasteiger partial charge < -0.3 is 5.11 Å². The summed E-state index contributed by atoms with van der Waals surface area (Å²) in [6.07, 6.45) is 0.705. The highest BCUT2D eigenvalue weighted by Crippen LogP contribution is 2.33. The van der Waals surface area contributed by atoms with E-state index in [1.54, 1.807) is 6.07 Å².